The average Bonchev–Trinajstić information content (AvgIpc) is 2.92. The number of rotatable bonds is 4. The quantitative estimate of drug-likeness (QED) is 0.864. The number of hydrogen-bond donors (Lipinski definition) is 0. The number of carbonyl (C=O) groups excluding carboxylic acids is 1. The highest BCUT2D eigenvalue weighted by atomic mass is 19.1. The minimum Gasteiger partial charge on any atom is -0.370 e. The number of aryl methyl sites for hydroxylation is 2. The van der Waals surface area contributed by atoms with Crippen molar-refractivity contribution in [3.8, 4) is 0 Å². The summed E-state index contributed by atoms with van der Waals surface area (Å²) in [6.07, 6.45) is 0.833. The number of amides is 1. The van der Waals surface area contributed by atoms with Gasteiger partial charge in [0.1, 0.15) is 17.7 Å². The van der Waals surface area contributed by atoms with Crippen molar-refractivity contribution in [1.29, 1.82) is 0 Å². The van der Waals surface area contributed by atoms with E-state index in [0.717, 1.165) is 22.6 Å². The largest absolute Gasteiger partial charge is 0.370 e. The van der Waals surface area contributed by atoms with Crippen LogP contribution in [-0.2, 0) is 16.0 Å². The molecule has 0 saturated carbocycles. The summed E-state index contributed by atoms with van der Waals surface area (Å²) in [4.78, 5) is 14.3. The molecule has 0 bridgehead atoms. The van der Waals surface area contributed by atoms with E-state index < -0.39 is 0 Å². The van der Waals surface area contributed by atoms with E-state index in [1.54, 1.807) is 12.1 Å². The van der Waals surface area contributed by atoms with Crippen LogP contribution in [0.1, 0.15) is 35.1 Å². The van der Waals surface area contributed by atoms with Gasteiger partial charge < -0.3 is 14.2 Å². The smallest absolute Gasteiger partial charge is 0.223 e. The Balaban J connectivity index is 1.60. The summed E-state index contributed by atoms with van der Waals surface area (Å²) >= 11 is 0. The second kappa shape index (κ2) is 7.13. The Morgan fingerprint density at radius 1 is 1.33 bits per heavy atom. The van der Waals surface area contributed by atoms with Gasteiger partial charge in [0.25, 0.3) is 0 Å². The van der Waals surface area contributed by atoms with Crippen LogP contribution < -0.4 is 0 Å². The summed E-state index contributed by atoms with van der Waals surface area (Å²) in [5.74, 6) is 0.582. The van der Waals surface area contributed by atoms with Gasteiger partial charge in [0, 0.05) is 18.5 Å². The summed E-state index contributed by atoms with van der Waals surface area (Å²) in [5, 5.41) is 3.91. The highest BCUT2D eigenvalue weighted by Gasteiger charge is 2.25. The van der Waals surface area contributed by atoms with Crippen LogP contribution in [0.25, 0.3) is 0 Å². The van der Waals surface area contributed by atoms with E-state index in [-0.39, 0.29) is 17.8 Å². The minimum absolute atomic E-state index is 0.0883. The van der Waals surface area contributed by atoms with Crippen molar-refractivity contribution in [2.45, 2.75) is 32.8 Å². The lowest BCUT2D eigenvalue weighted by Gasteiger charge is -2.33. The zero-order chi connectivity index (χ0) is 17.1. The number of ether oxygens (including phenoxy) is 1. The number of nitrogens with zero attached hydrogens (tertiary/aromatic N) is 2. The molecule has 1 aromatic heterocycles. The van der Waals surface area contributed by atoms with Crippen molar-refractivity contribution in [2.24, 2.45) is 0 Å². The van der Waals surface area contributed by atoms with Gasteiger partial charge in [-0.05, 0) is 38.0 Å². The number of morpholine rings is 1. The Bertz CT molecular complexity index is 692. The predicted octanol–water partition coefficient (Wildman–Crippen LogP) is 2.96. The monoisotopic (exact) mass is 332 g/mol. The number of halogens is 1. The van der Waals surface area contributed by atoms with E-state index in [1.165, 1.54) is 12.1 Å². The molecule has 6 heteroatoms. The van der Waals surface area contributed by atoms with Crippen LogP contribution >= 0.6 is 0 Å². The van der Waals surface area contributed by atoms with Gasteiger partial charge in [-0.25, -0.2) is 4.39 Å². The molecule has 1 aliphatic heterocycles. The Labute approximate surface area is 140 Å². The van der Waals surface area contributed by atoms with Crippen molar-refractivity contribution >= 4 is 5.91 Å². The Hall–Kier alpha value is -2.21. The lowest BCUT2D eigenvalue weighted by molar-refractivity contribution is -0.139. The molecule has 1 saturated heterocycles. The summed E-state index contributed by atoms with van der Waals surface area (Å²) < 4.78 is 23.9. The molecule has 0 radical (unpaired) electrons. The summed E-state index contributed by atoms with van der Waals surface area (Å²) in [6, 6.07) is 6.24. The molecule has 1 atom stereocenters. The summed E-state index contributed by atoms with van der Waals surface area (Å²) in [7, 11) is 0. The maximum Gasteiger partial charge on any atom is 0.223 e. The first kappa shape index (κ1) is 16.6. The maximum absolute atomic E-state index is 13.0. The number of hydrogen-bond acceptors (Lipinski definition) is 4. The van der Waals surface area contributed by atoms with E-state index in [4.69, 9.17) is 9.26 Å². The van der Waals surface area contributed by atoms with E-state index >= 15 is 0 Å². The molecule has 1 amide bonds. The Morgan fingerprint density at radius 2 is 2.08 bits per heavy atom. The fourth-order valence-electron chi connectivity index (χ4n) is 3.00. The molecule has 5 nitrogen and oxygen atoms in total. The summed E-state index contributed by atoms with van der Waals surface area (Å²) in [5.41, 5.74) is 2.73. The first-order valence-corrected chi connectivity index (χ1v) is 8.11. The third kappa shape index (κ3) is 3.64. The van der Waals surface area contributed by atoms with Gasteiger partial charge in [0.05, 0.1) is 18.8 Å². The van der Waals surface area contributed by atoms with Gasteiger partial charge in [-0.15, -0.1) is 0 Å². The standard InChI is InChI=1S/C18H21FN2O3/c1-12-16(13(2)24-20-12)7-8-18(22)21-9-10-23-17(11-21)14-3-5-15(19)6-4-14/h3-6,17H,7-11H2,1-2H3/t17-/m1/s1. The normalized spacial score (nSPS) is 18.0. The summed E-state index contributed by atoms with van der Waals surface area (Å²) in [6.45, 7) is 5.30. The molecule has 1 aromatic carbocycles. The number of carbonyl (C=O) groups is 1. The van der Waals surface area contributed by atoms with Gasteiger partial charge in [0.2, 0.25) is 5.91 Å². The zero-order valence-corrected chi connectivity index (χ0v) is 13.9. The molecule has 1 fully saturated rings. The Kier molecular flexibility index (Phi) is 4.94. The van der Waals surface area contributed by atoms with Crippen LogP contribution in [0.5, 0.6) is 0 Å². The predicted molar refractivity (Wildman–Crippen MR) is 86.0 cm³/mol. The van der Waals surface area contributed by atoms with Crippen LogP contribution in [0.15, 0.2) is 28.8 Å². The minimum atomic E-state index is -0.276. The molecule has 2 aromatic rings. The van der Waals surface area contributed by atoms with Crippen molar-refractivity contribution in [1.82, 2.24) is 10.1 Å². The molecule has 0 aliphatic carbocycles. The molecule has 1 aliphatic rings. The second-order valence-corrected chi connectivity index (χ2v) is 6.05. The van der Waals surface area contributed by atoms with Crippen LogP contribution in [0.2, 0.25) is 0 Å². The molecule has 24 heavy (non-hydrogen) atoms. The molecular weight excluding hydrogens is 311 g/mol. The molecular formula is C18H21FN2O3. The van der Waals surface area contributed by atoms with Crippen LogP contribution in [0.4, 0.5) is 4.39 Å². The lowest BCUT2D eigenvalue weighted by atomic mass is 10.1. The molecule has 2 heterocycles. The van der Waals surface area contributed by atoms with Crippen molar-refractivity contribution < 1.29 is 18.4 Å². The first-order chi connectivity index (χ1) is 11.5. The maximum atomic E-state index is 13.0. The fraction of sp³-hybridized carbons (Fsp3) is 0.444. The van der Waals surface area contributed by atoms with Gasteiger partial charge in [0.15, 0.2) is 0 Å². The highest BCUT2D eigenvalue weighted by Crippen LogP contribution is 2.23. The number of benzene rings is 1. The SMILES string of the molecule is Cc1noc(C)c1CCC(=O)N1CCO[C@@H](c2ccc(F)cc2)C1. The third-order valence-electron chi connectivity index (χ3n) is 4.43. The van der Waals surface area contributed by atoms with E-state index in [2.05, 4.69) is 5.16 Å². The molecule has 0 spiro atoms. The van der Waals surface area contributed by atoms with Crippen LogP contribution in [0, 0.1) is 19.7 Å². The van der Waals surface area contributed by atoms with Gasteiger partial charge in [-0.3, -0.25) is 4.79 Å². The van der Waals surface area contributed by atoms with E-state index in [9.17, 15) is 9.18 Å². The highest BCUT2D eigenvalue weighted by molar-refractivity contribution is 5.76. The van der Waals surface area contributed by atoms with Crippen LogP contribution in [0.3, 0.4) is 0 Å². The molecule has 0 unspecified atom stereocenters. The number of aromatic nitrogens is 1. The van der Waals surface area contributed by atoms with E-state index in [0.29, 0.717) is 32.5 Å². The van der Waals surface area contributed by atoms with Crippen molar-refractivity contribution in [2.75, 3.05) is 19.7 Å². The fourth-order valence-corrected chi connectivity index (χ4v) is 3.00. The van der Waals surface area contributed by atoms with Gasteiger partial charge in [-0.1, -0.05) is 17.3 Å². The molecule has 128 valence electrons. The molecule has 3 rings (SSSR count). The topological polar surface area (TPSA) is 55.6 Å². The van der Waals surface area contributed by atoms with E-state index in [1.807, 2.05) is 18.7 Å². The lowest BCUT2D eigenvalue weighted by Crippen LogP contribution is -2.42. The molecule has 0 N–H and O–H groups in total. The average molecular weight is 332 g/mol. The van der Waals surface area contributed by atoms with Gasteiger partial charge in [-0.2, -0.15) is 0 Å². The first-order valence-electron chi connectivity index (χ1n) is 8.11. The van der Waals surface area contributed by atoms with Crippen molar-refractivity contribution in [3.05, 3.63) is 52.7 Å². The third-order valence-corrected chi connectivity index (χ3v) is 4.43. The zero-order valence-electron chi connectivity index (χ0n) is 13.9. The second-order valence-electron chi connectivity index (χ2n) is 6.05. The van der Waals surface area contributed by atoms with Gasteiger partial charge >= 0.3 is 0 Å². The van der Waals surface area contributed by atoms with Crippen molar-refractivity contribution in [3.63, 3.8) is 0 Å². The Morgan fingerprint density at radius 3 is 2.75 bits per heavy atom. The van der Waals surface area contributed by atoms with Crippen LogP contribution in [-0.4, -0.2) is 35.7 Å².